The molecule has 0 saturated heterocycles. The van der Waals surface area contributed by atoms with Gasteiger partial charge < -0.3 is 4.57 Å². The lowest BCUT2D eigenvalue weighted by atomic mass is 9.77. The van der Waals surface area contributed by atoms with Crippen LogP contribution in [-0.2, 0) is 0 Å². The zero-order valence-electron chi connectivity index (χ0n) is 30.5. The van der Waals surface area contributed by atoms with Gasteiger partial charge >= 0.3 is 0 Å². The third-order valence-electron chi connectivity index (χ3n) is 10.7. The molecule has 2 heterocycles. The van der Waals surface area contributed by atoms with Crippen LogP contribution in [0.1, 0.15) is 27.2 Å². The number of aromatic nitrogens is 2. The number of hydrogen-bond donors (Lipinski definition) is 0. The first-order valence-corrected chi connectivity index (χ1v) is 18.6. The Morgan fingerprint density at radius 1 is 0.528 bits per heavy atom. The maximum Gasteiger partial charge on any atom is 0.123 e. The van der Waals surface area contributed by atoms with Gasteiger partial charge in [-0.1, -0.05) is 136 Å². The number of rotatable bonds is 7. The van der Waals surface area contributed by atoms with Gasteiger partial charge in [-0.25, -0.2) is 0 Å². The summed E-state index contributed by atoms with van der Waals surface area (Å²) in [6, 6.07) is 61.3. The Balaban J connectivity index is 1.21. The van der Waals surface area contributed by atoms with E-state index in [1.165, 1.54) is 44.4 Å². The Labute approximate surface area is 312 Å². The van der Waals surface area contributed by atoms with E-state index in [0.29, 0.717) is 5.92 Å². The molecule has 0 N–H and O–H groups in total. The molecule has 0 aliphatic heterocycles. The highest BCUT2D eigenvalue weighted by Gasteiger charge is 2.25. The van der Waals surface area contributed by atoms with Gasteiger partial charge in [-0.05, 0) is 107 Å². The predicted octanol–water partition coefficient (Wildman–Crippen LogP) is 13.9. The molecular weight excluding hydrogens is 643 g/mol. The summed E-state index contributed by atoms with van der Waals surface area (Å²) in [4.78, 5) is 2.35. The van der Waals surface area contributed by atoms with Gasteiger partial charge in [-0.15, -0.1) is 0 Å². The Hall–Kier alpha value is -6.32. The average Bonchev–Trinajstić information content (AvgIpc) is 3.77. The van der Waals surface area contributed by atoms with Gasteiger partial charge in [0.2, 0.25) is 0 Å². The van der Waals surface area contributed by atoms with E-state index in [1.807, 2.05) is 0 Å². The summed E-state index contributed by atoms with van der Waals surface area (Å²) in [6.45, 7) is 7.01. The zero-order chi connectivity index (χ0) is 35.9. The molecule has 258 valence electrons. The van der Waals surface area contributed by atoms with E-state index in [9.17, 15) is 0 Å². The van der Waals surface area contributed by atoms with Crippen LogP contribution < -0.4 is 4.90 Å². The van der Waals surface area contributed by atoms with E-state index in [1.54, 1.807) is 0 Å². The molecule has 0 amide bonds. The molecule has 8 aromatic rings. The summed E-state index contributed by atoms with van der Waals surface area (Å²) >= 11 is 0. The van der Waals surface area contributed by atoms with Crippen LogP contribution in [0, 0.1) is 11.3 Å². The SMILES string of the molecule is CC(C)(C)C1C=CC(n2c(-c3ccccc3)cc3ccc(-c4ccc5c(c4)cc(N(c4ccccc4)c4ccccc4)n5-c4ccccc4)cc32)=CC1. The van der Waals surface area contributed by atoms with Crippen molar-refractivity contribution >= 4 is 44.7 Å². The highest BCUT2D eigenvalue weighted by molar-refractivity contribution is 5.97. The first kappa shape index (κ1) is 32.6. The van der Waals surface area contributed by atoms with Crippen LogP contribution in [0.2, 0.25) is 0 Å². The first-order valence-electron chi connectivity index (χ1n) is 18.6. The van der Waals surface area contributed by atoms with E-state index in [2.05, 4.69) is 223 Å². The topological polar surface area (TPSA) is 13.1 Å². The van der Waals surface area contributed by atoms with Crippen molar-refractivity contribution in [1.82, 2.24) is 9.13 Å². The Bertz CT molecular complexity index is 2560. The molecule has 0 bridgehead atoms. The minimum absolute atomic E-state index is 0.226. The van der Waals surface area contributed by atoms with E-state index >= 15 is 0 Å². The summed E-state index contributed by atoms with van der Waals surface area (Å²) in [5, 5.41) is 2.42. The molecule has 6 aromatic carbocycles. The smallest absolute Gasteiger partial charge is 0.123 e. The van der Waals surface area contributed by atoms with E-state index in [4.69, 9.17) is 0 Å². The molecule has 3 heteroatoms. The summed E-state index contributed by atoms with van der Waals surface area (Å²) in [6.07, 6.45) is 8.21. The molecule has 1 unspecified atom stereocenters. The van der Waals surface area contributed by atoms with Crippen molar-refractivity contribution in [2.45, 2.75) is 27.2 Å². The Morgan fingerprint density at radius 2 is 1.13 bits per heavy atom. The second-order valence-corrected chi connectivity index (χ2v) is 15.2. The predicted molar refractivity (Wildman–Crippen MR) is 225 cm³/mol. The van der Waals surface area contributed by atoms with E-state index in [-0.39, 0.29) is 5.41 Å². The fourth-order valence-corrected chi connectivity index (χ4v) is 7.86. The lowest BCUT2D eigenvalue weighted by Crippen LogP contribution is -2.19. The second-order valence-electron chi connectivity index (χ2n) is 15.2. The Kier molecular flexibility index (Phi) is 8.20. The molecular formula is C50H43N3. The van der Waals surface area contributed by atoms with Gasteiger partial charge in [0, 0.05) is 33.5 Å². The zero-order valence-corrected chi connectivity index (χ0v) is 30.5. The molecule has 9 rings (SSSR count). The molecule has 3 nitrogen and oxygen atoms in total. The summed E-state index contributed by atoms with van der Waals surface area (Å²) in [7, 11) is 0. The monoisotopic (exact) mass is 685 g/mol. The minimum atomic E-state index is 0.226. The number of allylic oxidation sites excluding steroid dienone is 4. The number of nitrogens with zero attached hydrogens (tertiary/aromatic N) is 3. The number of fused-ring (bicyclic) bond motifs is 2. The molecule has 1 aliphatic carbocycles. The molecule has 0 saturated carbocycles. The number of benzene rings is 6. The summed E-state index contributed by atoms with van der Waals surface area (Å²) in [5.74, 6) is 1.60. The number of para-hydroxylation sites is 3. The molecule has 2 aromatic heterocycles. The van der Waals surface area contributed by atoms with E-state index < -0.39 is 0 Å². The molecule has 0 fully saturated rings. The molecule has 0 spiro atoms. The van der Waals surface area contributed by atoms with Crippen LogP contribution in [0.4, 0.5) is 17.2 Å². The third kappa shape index (κ3) is 6.08. The number of hydrogen-bond acceptors (Lipinski definition) is 1. The number of anilines is 3. The molecule has 1 aliphatic rings. The standard InChI is InChI=1S/C50H43N3/c1-50(2,3)41-27-29-45(30-28-41)52-47(36-16-8-4-9-17-36)34-39-25-24-38(33-48(39)52)37-26-31-46-40(32-37)35-49(53(46)44-22-14-7-15-23-44)51(42-18-10-5-11-19-42)43-20-12-6-13-21-43/h4-27,29-35,41H,28H2,1-3H3. The van der Waals surface area contributed by atoms with Gasteiger partial charge in [0.25, 0.3) is 0 Å². The van der Waals surface area contributed by atoms with Crippen LogP contribution in [0.5, 0.6) is 0 Å². The van der Waals surface area contributed by atoms with Crippen molar-refractivity contribution in [1.29, 1.82) is 0 Å². The molecule has 53 heavy (non-hydrogen) atoms. The molecule has 0 radical (unpaired) electrons. The average molecular weight is 686 g/mol. The van der Waals surface area contributed by atoms with E-state index in [0.717, 1.165) is 34.8 Å². The third-order valence-corrected chi connectivity index (χ3v) is 10.7. The van der Waals surface area contributed by atoms with Crippen molar-refractivity contribution in [3.63, 3.8) is 0 Å². The van der Waals surface area contributed by atoms with Crippen molar-refractivity contribution in [3.8, 4) is 28.1 Å². The van der Waals surface area contributed by atoms with Gasteiger partial charge in [-0.2, -0.15) is 0 Å². The van der Waals surface area contributed by atoms with Crippen LogP contribution in [-0.4, -0.2) is 9.13 Å². The Morgan fingerprint density at radius 3 is 1.75 bits per heavy atom. The van der Waals surface area contributed by atoms with Gasteiger partial charge in [-0.3, -0.25) is 9.47 Å². The lowest BCUT2D eigenvalue weighted by molar-refractivity contribution is 0.294. The van der Waals surface area contributed by atoms with Crippen LogP contribution in [0.3, 0.4) is 0 Å². The summed E-state index contributed by atoms with van der Waals surface area (Å²) < 4.78 is 4.84. The highest BCUT2D eigenvalue weighted by Crippen LogP contribution is 2.42. The van der Waals surface area contributed by atoms with Crippen LogP contribution in [0.25, 0.3) is 55.6 Å². The van der Waals surface area contributed by atoms with Crippen molar-refractivity contribution in [2.75, 3.05) is 4.90 Å². The quantitative estimate of drug-likeness (QED) is 0.163. The normalized spacial score (nSPS) is 14.5. The fraction of sp³-hybridized carbons (Fsp3) is 0.120. The minimum Gasteiger partial charge on any atom is -0.310 e. The van der Waals surface area contributed by atoms with Crippen molar-refractivity contribution in [2.24, 2.45) is 11.3 Å². The fourth-order valence-electron chi connectivity index (χ4n) is 7.86. The van der Waals surface area contributed by atoms with Gasteiger partial charge in [0.15, 0.2) is 0 Å². The van der Waals surface area contributed by atoms with Gasteiger partial charge in [0.1, 0.15) is 5.82 Å². The second kappa shape index (κ2) is 13.3. The lowest BCUT2D eigenvalue weighted by Gasteiger charge is -2.30. The summed E-state index contributed by atoms with van der Waals surface area (Å²) in [5.41, 5.74) is 12.0. The largest absolute Gasteiger partial charge is 0.310 e. The van der Waals surface area contributed by atoms with Crippen molar-refractivity contribution in [3.05, 3.63) is 188 Å². The van der Waals surface area contributed by atoms with Crippen molar-refractivity contribution < 1.29 is 0 Å². The van der Waals surface area contributed by atoms with Gasteiger partial charge in [0.05, 0.1) is 16.7 Å². The van der Waals surface area contributed by atoms with Crippen LogP contribution >= 0.6 is 0 Å². The maximum absolute atomic E-state index is 2.46. The van der Waals surface area contributed by atoms with Crippen LogP contribution in [0.15, 0.2) is 188 Å². The first-order chi connectivity index (χ1) is 25.9. The highest BCUT2D eigenvalue weighted by atomic mass is 15.3. The maximum atomic E-state index is 2.46. The molecule has 1 atom stereocenters.